The fraction of sp³-hybridized carbons (Fsp3) is 0.312. The number of amides is 1. The molecule has 4 heterocycles. The first-order valence-corrected chi connectivity index (χ1v) is 8.32. The summed E-state index contributed by atoms with van der Waals surface area (Å²) in [6, 6.07) is 5.77. The molecule has 0 unspecified atom stereocenters. The van der Waals surface area contributed by atoms with Gasteiger partial charge in [-0.05, 0) is 37.5 Å². The molecule has 0 saturated carbocycles. The van der Waals surface area contributed by atoms with Crippen molar-refractivity contribution in [2.24, 2.45) is 0 Å². The summed E-state index contributed by atoms with van der Waals surface area (Å²) in [5.41, 5.74) is 2.44. The van der Waals surface area contributed by atoms with Crippen molar-refractivity contribution in [3.63, 3.8) is 0 Å². The lowest BCUT2D eigenvalue weighted by atomic mass is 10.1. The van der Waals surface area contributed by atoms with Gasteiger partial charge in [-0.2, -0.15) is 0 Å². The van der Waals surface area contributed by atoms with Crippen molar-refractivity contribution in [2.75, 3.05) is 13.1 Å². The summed E-state index contributed by atoms with van der Waals surface area (Å²) >= 11 is 1.49. The maximum atomic E-state index is 12.5. The molecule has 1 saturated heterocycles. The van der Waals surface area contributed by atoms with E-state index in [-0.39, 0.29) is 5.91 Å². The number of hydrogen-bond donors (Lipinski definition) is 1. The highest BCUT2D eigenvalue weighted by Gasteiger charge is 2.20. The van der Waals surface area contributed by atoms with Gasteiger partial charge in [-0.1, -0.05) is 0 Å². The van der Waals surface area contributed by atoms with E-state index in [0.29, 0.717) is 0 Å². The van der Waals surface area contributed by atoms with Gasteiger partial charge in [0.1, 0.15) is 5.52 Å². The van der Waals surface area contributed by atoms with Crippen molar-refractivity contribution in [3.05, 3.63) is 35.5 Å². The molecule has 0 spiro atoms. The highest BCUT2D eigenvalue weighted by atomic mass is 32.1. The van der Waals surface area contributed by atoms with Gasteiger partial charge in [0.05, 0.1) is 21.6 Å². The van der Waals surface area contributed by atoms with Crippen LogP contribution in [0.15, 0.2) is 30.6 Å². The van der Waals surface area contributed by atoms with Crippen molar-refractivity contribution >= 4 is 28.4 Å². The molecule has 0 bridgehead atoms. The van der Waals surface area contributed by atoms with Crippen molar-refractivity contribution in [1.82, 2.24) is 19.9 Å². The number of carbonyl (C=O) groups excluding carboxylic acids is 1. The number of likely N-dealkylation sites (tertiary alicyclic amines) is 1. The van der Waals surface area contributed by atoms with E-state index in [1.54, 1.807) is 6.20 Å². The Morgan fingerprint density at radius 2 is 2.05 bits per heavy atom. The van der Waals surface area contributed by atoms with Crippen molar-refractivity contribution < 1.29 is 4.79 Å². The van der Waals surface area contributed by atoms with Crippen molar-refractivity contribution in [2.45, 2.75) is 19.3 Å². The van der Waals surface area contributed by atoms with Crippen LogP contribution in [0, 0.1) is 0 Å². The molecule has 3 aromatic rings. The number of carbonyl (C=O) groups is 1. The molecule has 1 N–H and O–H groups in total. The number of thiophene rings is 1. The largest absolute Gasteiger partial charge is 0.345 e. The van der Waals surface area contributed by atoms with Gasteiger partial charge in [0, 0.05) is 19.3 Å². The third kappa shape index (κ3) is 2.39. The smallest absolute Gasteiger partial charge is 0.263 e. The second-order valence-electron chi connectivity index (χ2n) is 5.48. The van der Waals surface area contributed by atoms with E-state index in [0.717, 1.165) is 52.5 Å². The number of H-pyrrole nitrogens is 1. The van der Waals surface area contributed by atoms with Crippen molar-refractivity contribution in [3.8, 4) is 10.6 Å². The highest BCUT2D eigenvalue weighted by molar-refractivity contribution is 7.17. The number of fused-ring (bicyclic) bond motifs is 1. The van der Waals surface area contributed by atoms with E-state index in [1.165, 1.54) is 17.8 Å². The zero-order chi connectivity index (χ0) is 14.9. The van der Waals surface area contributed by atoms with Gasteiger partial charge in [-0.15, -0.1) is 11.3 Å². The minimum atomic E-state index is 0.145. The molecule has 1 fully saturated rings. The van der Waals surface area contributed by atoms with Crippen LogP contribution in [0.1, 0.15) is 28.9 Å². The lowest BCUT2D eigenvalue weighted by Crippen LogP contribution is -2.35. The lowest BCUT2D eigenvalue weighted by Gasteiger charge is -2.26. The molecule has 4 rings (SSSR count). The van der Waals surface area contributed by atoms with Crippen LogP contribution in [0.2, 0.25) is 0 Å². The maximum absolute atomic E-state index is 12.5. The number of rotatable bonds is 2. The topological polar surface area (TPSA) is 61.9 Å². The van der Waals surface area contributed by atoms with Crippen LogP contribution in [-0.2, 0) is 0 Å². The van der Waals surface area contributed by atoms with Gasteiger partial charge < -0.3 is 9.88 Å². The van der Waals surface area contributed by atoms with Gasteiger partial charge in [0.25, 0.3) is 5.91 Å². The Labute approximate surface area is 132 Å². The molecule has 0 radical (unpaired) electrons. The molecule has 6 heteroatoms. The van der Waals surface area contributed by atoms with E-state index < -0.39 is 0 Å². The standard InChI is InChI=1S/C16H16N4OS/c21-16(20-8-2-1-3-9-20)14-5-4-13(22-14)12-10-18-15-11(19-12)6-7-17-15/h4-7,10H,1-3,8-9H2,(H,17,18). The Bertz CT molecular complexity index is 816. The monoisotopic (exact) mass is 312 g/mol. The predicted molar refractivity (Wildman–Crippen MR) is 87.0 cm³/mol. The van der Waals surface area contributed by atoms with Crippen LogP contribution in [0.25, 0.3) is 21.7 Å². The molecule has 0 atom stereocenters. The second kappa shape index (κ2) is 5.53. The van der Waals surface area contributed by atoms with Crippen LogP contribution in [-0.4, -0.2) is 38.8 Å². The van der Waals surface area contributed by atoms with E-state index in [4.69, 9.17) is 0 Å². The SMILES string of the molecule is O=C(c1ccc(-c2cnc3[nH]ccc3n2)s1)N1CCCCC1. The van der Waals surface area contributed by atoms with Crippen LogP contribution in [0.5, 0.6) is 0 Å². The molecule has 0 aliphatic carbocycles. The fourth-order valence-corrected chi connectivity index (χ4v) is 3.72. The van der Waals surface area contributed by atoms with Gasteiger partial charge in [0.2, 0.25) is 0 Å². The number of piperidine rings is 1. The Morgan fingerprint density at radius 3 is 2.91 bits per heavy atom. The minimum absolute atomic E-state index is 0.145. The molecule has 5 nitrogen and oxygen atoms in total. The van der Waals surface area contributed by atoms with E-state index in [2.05, 4.69) is 15.0 Å². The third-order valence-corrected chi connectivity index (χ3v) is 5.07. The number of hydrogen-bond acceptors (Lipinski definition) is 4. The Morgan fingerprint density at radius 1 is 1.18 bits per heavy atom. The Hall–Kier alpha value is -2.21. The number of aromatic nitrogens is 3. The Kier molecular flexibility index (Phi) is 3.38. The minimum Gasteiger partial charge on any atom is -0.345 e. The van der Waals surface area contributed by atoms with Crippen LogP contribution in [0.4, 0.5) is 0 Å². The average Bonchev–Trinajstić information content (AvgIpc) is 3.23. The van der Waals surface area contributed by atoms with Gasteiger partial charge in [0.15, 0.2) is 5.65 Å². The van der Waals surface area contributed by atoms with Crippen LogP contribution < -0.4 is 0 Å². The highest BCUT2D eigenvalue weighted by Crippen LogP contribution is 2.28. The quantitative estimate of drug-likeness (QED) is 0.789. The Balaban J connectivity index is 1.61. The first-order chi connectivity index (χ1) is 10.8. The summed E-state index contributed by atoms with van der Waals surface area (Å²) in [4.78, 5) is 28.2. The molecule has 1 aliphatic rings. The first kappa shape index (κ1) is 13.5. The second-order valence-corrected chi connectivity index (χ2v) is 6.57. The van der Waals surface area contributed by atoms with Crippen LogP contribution in [0.3, 0.4) is 0 Å². The third-order valence-electron chi connectivity index (χ3n) is 3.97. The summed E-state index contributed by atoms with van der Waals surface area (Å²) in [6.07, 6.45) is 7.03. The molecule has 0 aromatic carbocycles. The van der Waals surface area contributed by atoms with E-state index in [9.17, 15) is 4.79 Å². The normalized spacial score (nSPS) is 15.4. The molecular formula is C16H16N4OS. The maximum Gasteiger partial charge on any atom is 0.263 e. The fourth-order valence-electron chi connectivity index (χ4n) is 2.79. The van der Waals surface area contributed by atoms with E-state index >= 15 is 0 Å². The lowest BCUT2D eigenvalue weighted by molar-refractivity contribution is 0.0729. The van der Waals surface area contributed by atoms with Gasteiger partial charge in [-0.25, -0.2) is 9.97 Å². The molecule has 1 aliphatic heterocycles. The molecule has 3 aromatic heterocycles. The van der Waals surface area contributed by atoms with Crippen LogP contribution >= 0.6 is 11.3 Å². The number of nitrogens with one attached hydrogen (secondary N) is 1. The molecule has 1 amide bonds. The zero-order valence-corrected chi connectivity index (χ0v) is 12.9. The molecule has 22 heavy (non-hydrogen) atoms. The van der Waals surface area contributed by atoms with Gasteiger partial charge in [-0.3, -0.25) is 4.79 Å². The van der Waals surface area contributed by atoms with Crippen molar-refractivity contribution in [1.29, 1.82) is 0 Å². The summed E-state index contributed by atoms with van der Waals surface area (Å²) in [5.74, 6) is 0.145. The summed E-state index contributed by atoms with van der Waals surface area (Å²) in [5, 5.41) is 0. The summed E-state index contributed by atoms with van der Waals surface area (Å²) in [7, 11) is 0. The number of nitrogens with zero attached hydrogens (tertiary/aromatic N) is 3. The summed E-state index contributed by atoms with van der Waals surface area (Å²) in [6.45, 7) is 1.75. The summed E-state index contributed by atoms with van der Waals surface area (Å²) < 4.78 is 0. The number of aromatic amines is 1. The average molecular weight is 312 g/mol. The van der Waals surface area contributed by atoms with E-state index in [1.807, 2.05) is 29.3 Å². The first-order valence-electron chi connectivity index (χ1n) is 7.51. The molecular weight excluding hydrogens is 296 g/mol. The predicted octanol–water partition coefficient (Wildman–Crippen LogP) is 3.31. The van der Waals surface area contributed by atoms with Gasteiger partial charge >= 0.3 is 0 Å². The zero-order valence-electron chi connectivity index (χ0n) is 12.1. The molecule has 112 valence electrons.